The van der Waals surface area contributed by atoms with Gasteiger partial charge < -0.3 is 10.6 Å². The third-order valence-electron chi connectivity index (χ3n) is 2.74. The summed E-state index contributed by atoms with van der Waals surface area (Å²) >= 11 is 0. The molecule has 0 aliphatic carbocycles. The van der Waals surface area contributed by atoms with Crippen molar-refractivity contribution in [1.29, 1.82) is 0 Å². The maximum atomic E-state index is 5.77. The summed E-state index contributed by atoms with van der Waals surface area (Å²) in [6.07, 6.45) is 0. The van der Waals surface area contributed by atoms with Crippen LogP contribution in [0.3, 0.4) is 0 Å². The standard InChI is InChI=1S/C10H20N4/c1-7-10(8(2)14(5)12-7)9(6-11)13(3)4/h9H,6,11H2,1-5H3. The van der Waals surface area contributed by atoms with E-state index in [4.69, 9.17) is 5.73 Å². The molecular weight excluding hydrogens is 176 g/mol. The number of nitrogens with two attached hydrogens (primary N) is 1. The molecule has 0 aliphatic heterocycles. The van der Waals surface area contributed by atoms with E-state index in [0.717, 1.165) is 5.69 Å². The summed E-state index contributed by atoms with van der Waals surface area (Å²) in [6, 6.07) is 0.267. The van der Waals surface area contributed by atoms with E-state index in [1.165, 1.54) is 11.3 Å². The Morgan fingerprint density at radius 3 is 2.29 bits per heavy atom. The van der Waals surface area contributed by atoms with E-state index in [1.807, 2.05) is 32.7 Å². The van der Waals surface area contributed by atoms with Gasteiger partial charge in [0.1, 0.15) is 0 Å². The van der Waals surface area contributed by atoms with E-state index in [9.17, 15) is 0 Å². The quantitative estimate of drug-likeness (QED) is 0.770. The lowest BCUT2D eigenvalue weighted by Gasteiger charge is -2.23. The van der Waals surface area contributed by atoms with Crippen LogP contribution in [-0.2, 0) is 7.05 Å². The van der Waals surface area contributed by atoms with Crippen LogP contribution in [0.15, 0.2) is 0 Å². The molecule has 0 bridgehead atoms. The fraction of sp³-hybridized carbons (Fsp3) is 0.700. The predicted octanol–water partition coefficient (Wildman–Crippen LogP) is 0.598. The molecule has 1 atom stereocenters. The summed E-state index contributed by atoms with van der Waals surface area (Å²) in [7, 11) is 6.06. The molecule has 0 saturated heterocycles. The van der Waals surface area contributed by atoms with Gasteiger partial charge in [-0.3, -0.25) is 4.68 Å². The molecule has 1 aromatic heterocycles. The molecule has 0 amide bonds. The molecule has 4 nitrogen and oxygen atoms in total. The maximum absolute atomic E-state index is 5.77. The summed E-state index contributed by atoms with van der Waals surface area (Å²) < 4.78 is 1.91. The summed E-state index contributed by atoms with van der Waals surface area (Å²) in [6.45, 7) is 4.75. The van der Waals surface area contributed by atoms with Crippen molar-refractivity contribution >= 4 is 0 Å². The van der Waals surface area contributed by atoms with Crippen LogP contribution < -0.4 is 5.73 Å². The van der Waals surface area contributed by atoms with Crippen LogP contribution in [0.2, 0.25) is 0 Å². The average Bonchev–Trinajstić information content (AvgIpc) is 2.32. The minimum Gasteiger partial charge on any atom is -0.329 e. The van der Waals surface area contributed by atoms with Gasteiger partial charge in [0.05, 0.1) is 11.7 Å². The van der Waals surface area contributed by atoms with Crippen LogP contribution in [0.25, 0.3) is 0 Å². The minimum absolute atomic E-state index is 0.267. The van der Waals surface area contributed by atoms with Crippen molar-refractivity contribution in [3.05, 3.63) is 17.0 Å². The molecule has 1 rings (SSSR count). The lowest BCUT2D eigenvalue weighted by atomic mass is 10.0. The first kappa shape index (κ1) is 11.2. The van der Waals surface area contributed by atoms with Gasteiger partial charge in [0, 0.05) is 24.8 Å². The van der Waals surface area contributed by atoms with Crippen molar-refractivity contribution in [2.75, 3.05) is 20.6 Å². The van der Waals surface area contributed by atoms with Gasteiger partial charge in [-0.05, 0) is 27.9 Å². The van der Waals surface area contributed by atoms with Gasteiger partial charge in [0.15, 0.2) is 0 Å². The third kappa shape index (κ3) is 1.81. The maximum Gasteiger partial charge on any atom is 0.0644 e. The van der Waals surface area contributed by atoms with E-state index in [-0.39, 0.29) is 6.04 Å². The van der Waals surface area contributed by atoms with Crippen molar-refractivity contribution < 1.29 is 0 Å². The molecule has 80 valence electrons. The highest BCUT2D eigenvalue weighted by atomic mass is 15.3. The number of nitrogens with zero attached hydrogens (tertiary/aromatic N) is 3. The number of hydrogen-bond donors (Lipinski definition) is 1. The van der Waals surface area contributed by atoms with Crippen molar-refractivity contribution in [2.45, 2.75) is 19.9 Å². The molecule has 0 fully saturated rings. The monoisotopic (exact) mass is 196 g/mol. The number of aryl methyl sites for hydroxylation is 2. The van der Waals surface area contributed by atoms with E-state index in [0.29, 0.717) is 6.54 Å². The lowest BCUT2D eigenvalue weighted by Crippen LogP contribution is -2.28. The first-order valence-electron chi connectivity index (χ1n) is 4.85. The average molecular weight is 196 g/mol. The highest BCUT2D eigenvalue weighted by Crippen LogP contribution is 2.23. The van der Waals surface area contributed by atoms with Crippen LogP contribution in [0.5, 0.6) is 0 Å². The summed E-state index contributed by atoms with van der Waals surface area (Å²) in [4.78, 5) is 2.14. The van der Waals surface area contributed by atoms with E-state index in [1.54, 1.807) is 0 Å². The molecule has 14 heavy (non-hydrogen) atoms. The minimum atomic E-state index is 0.267. The molecular formula is C10H20N4. The molecule has 0 saturated carbocycles. The third-order valence-corrected chi connectivity index (χ3v) is 2.74. The molecule has 2 N–H and O–H groups in total. The predicted molar refractivity (Wildman–Crippen MR) is 58.2 cm³/mol. The Morgan fingerprint density at radius 2 is 2.00 bits per heavy atom. The smallest absolute Gasteiger partial charge is 0.0644 e. The zero-order chi connectivity index (χ0) is 10.9. The fourth-order valence-corrected chi connectivity index (χ4v) is 1.86. The number of rotatable bonds is 3. The second-order valence-electron chi connectivity index (χ2n) is 3.92. The second kappa shape index (κ2) is 4.11. The first-order valence-corrected chi connectivity index (χ1v) is 4.85. The van der Waals surface area contributed by atoms with Crippen LogP contribution >= 0.6 is 0 Å². The van der Waals surface area contributed by atoms with E-state index >= 15 is 0 Å². The van der Waals surface area contributed by atoms with Crippen LogP contribution in [0, 0.1) is 13.8 Å². The van der Waals surface area contributed by atoms with Gasteiger partial charge in [-0.15, -0.1) is 0 Å². The van der Waals surface area contributed by atoms with Crippen LogP contribution in [0.1, 0.15) is 23.0 Å². The summed E-state index contributed by atoms with van der Waals surface area (Å²) in [5.41, 5.74) is 9.32. The molecule has 0 aromatic carbocycles. The van der Waals surface area contributed by atoms with Gasteiger partial charge in [-0.1, -0.05) is 0 Å². The van der Waals surface area contributed by atoms with Gasteiger partial charge in [0.25, 0.3) is 0 Å². The van der Waals surface area contributed by atoms with Gasteiger partial charge in [-0.2, -0.15) is 5.10 Å². The Labute approximate surface area is 85.7 Å². The van der Waals surface area contributed by atoms with E-state index < -0.39 is 0 Å². The molecule has 0 radical (unpaired) electrons. The largest absolute Gasteiger partial charge is 0.329 e. The molecule has 0 spiro atoms. The number of hydrogen-bond acceptors (Lipinski definition) is 3. The summed E-state index contributed by atoms with van der Waals surface area (Å²) in [5, 5.41) is 4.40. The van der Waals surface area contributed by atoms with Crippen molar-refractivity contribution in [3.8, 4) is 0 Å². The molecule has 4 heteroatoms. The van der Waals surface area contributed by atoms with Crippen molar-refractivity contribution in [2.24, 2.45) is 12.8 Å². The number of aromatic nitrogens is 2. The Hall–Kier alpha value is -0.870. The Kier molecular flexibility index (Phi) is 3.29. The van der Waals surface area contributed by atoms with Crippen LogP contribution in [-0.4, -0.2) is 35.3 Å². The van der Waals surface area contributed by atoms with Crippen molar-refractivity contribution in [1.82, 2.24) is 14.7 Å². The molecule has 1 heterocycles. The second-order valence-corrected chi connectivity index (χ2v) is 3.92. The zero-order valence-corrected chi connectivity index (χ0v) is 9.70. The topological polar surface area (TPSA) is 47.1 Å². The first-order chi connectivity index (χ1) is 6.49. The van der Waals surface area contributed by atoms with Gasteiger partial charge in [-0.25, -0.2) is 0 Å². The van der Waals surface area contributed by atoms with Gasteiger partial charge >= 0.3 is 0 Å². The highest BCUT2D eigenvalue weighted by Gasteiger charge is 2.20. The Bertz CT molecular complexity index is 314. The molecule has 1 unspecified atom stereocenters. The summed E-state index contributed by atoms with van der Waals surface area (Å²) in [5.74, 6) is 0. The Morgan fingerprint density at radius 1 is 1.43 bits per heavy atom. The normalized spacial score (nSPS) is 13.6. The highest BCUT2D eigenvalue weighted by molar-refractivity contribution is 5.28. The SMILES string of the molecule is Cc1nn(C)c(C)c1C(CN)N(C)C. The van der Waals surface area contributed by atoms with Crippen LogP contribution in [0.4, 0.5) is 0 Å². The lowest BCUT2D eigenvalue weighted by molar-refractivity contribution is 0.304. The molecule has 0 aliphatic rings. The fourth-order valence-electron chi connectivity index (χ4n) is 1.86. The number of likely N-dealkylation sites (N-methyl/N-ethyl adjacent to an activating group) is 1. The molecule has 1 aromatic rings. The zero-order valence-electron chi connectivity index (χ0n) is 9.70. The van der Waals surface area contributed by atoms with Gasteiger partial charge in [0.2, 0.25) is 0 Å². The van der Waals surface area contributed by atoms with Crippen molar-refractivity contribution in [3.63, 3.8) is 0 Å². The van der Waals surface area contributed by atoms with E-state index in [2.05, 4.69) is 16.9 Å². The Balaban J connectivity index is 3.15.